The second-order valence-corrected chi connectivity index (χ2v) is 6.97. The maximum atomic E-state index is 12.7. The number of carbonyl (C=O) groups excluding carboxylic acids is 2. The molecule has 1 heterocycles. The van der Waals surface area contributed by atoms with Crippen LogP contribution in [0.5, 0.6) is 0 Å². The first-order valence-electron chi connectivity index (χ1n) is 7.81. The van der Waals surface area contributed by atoms with Crippen molar-refractivity contribution in [2.24, 2.45) is 5.92 Å². The second kappa shape index (κ2) is 7.32. The molecule has 1 aliphatic rings. The van der Waals surface area contributed by atoms with Crippen LogP contribution in [0.1, 0.15) is 29.7 Å². The molecule has 0 spiro atoms. The summed E-state index contributed by atoms with van der Waals surface area (Å²) in [5.74, 6) is -1.84. The van der Waals surface area contributed by atoms with Gasteiger partial charge in [-0.25, -0.2) is 0 Å². The standard InChI is InChI=1S/C19H17ClO3S/c1-2-23-19(22)18-14(13-6-3-4-7-15(13)20)10-12(11-16(18)21)17-8-5-9-24-17/h3-9,11,14,18H,2,10H2,1H3. The van der Waals surface area contributed by atoms with E-state index in [4.69, 9.17) is 16.3 Å². The first-order valence-corrected chi connectivity index (χ1v) is 9.07. The van der Waals surface area contributed by atoms with Crippen molar-refractivity contribution in [2.45, 2.75) is 19.3 Å². The van der Waals surface area contributed by atoms with Crippen molar-refractivity contribution in [3.8, 4) is 0 Å². The molecular formula is C19H17ClO3S. The van der Waals surface area contributed by atoms with E-state index in [2.05, 4.69) is 0 Å². The Balaban J connectivity index is 2.04. The number of carbonyl (C=O) groups is 2. The zero-order chi connectivity index (χ0) is 17.1. The van der Waals surface area contributed by atoms with E-state index in [1.54, 1.807) is 30.4 Å². The molecule has 2 aromatic rings. The molecular weight excluding hydrogens is 344 g/mol. The molecule has 24 heavy (non-hydrogen) atoms. The predicted octanol–water partition coefficient (Wildman–Crippen LogP) is 4.72. The van der Waals surface area contributed by atoms with Gasteiger partial charge in [0.05, 0.1) is 6.61 Å². The minimum atomic E-state index is -0.839. The van der Waals surface area contributed by atoms with E-state index in [0.29, 0.717) is 11.4 Å². The van der Waals surface area contributed by atoms with Crippen molar-refractivity contribution >= 4 is 40.3 Å². The van der Waals surface area contributed by atoms with Crippen LogP contribution >= 0.6 is 22.9 Å². The first kappa shape index (κ1) is 16.9. The number of thiophene rings is 1. The lowest BCUT2D eigenvalue weighted by atomic mass is 9.74. The highest BCUT2D eigenvalue weighted by Gasteiger charge is 2.40. The number of ether oxygens (including phenoxy) is 1. The van der Waals surface area contributed by atoms with Crippen LogP contribution in [-0.4, -0.2) is 18.4 Å². The fraction of sp³-hybridized carbons (Fsp3) is 0.263. The Morgan fingerprint density at radius 1 is 1.29 bits per heavy atom. The fourth-order valence-corrected chi connectivity index (χ4v) is 4.11. The van der Waals surface area contributed by atoms with Crippen LogP contribution in [0.25, 0.3) is 5.57 Å². The highest BCUT2D eigenvalue weighted by molar-refractivity contribution is 7.11. The molecule has 5 heteroatoms. The Morgan fingerprint density at radius 3 is 2.75 bits per heavy atom. The largest absolute Gasteiger partial charge is 0.465 e. The molecule has 3 nitrogen and oxygen atoms in total. The van der Waals surface area contributed by atoms with E-state index in [1.807, 2.05) is 35.7 Å². The highest BCUT2D eigenvalue weighted by Crippen LogP contribution is 2.43. The van der Waals surface area contributed by atoms with E-state index in [9.17, 15) is 9.59 Å². The molecule has 124 valence electrons. The maximum absolute atomic E-state index is 12.7. The van der Waals surface area contributed by atoms with Gasteiger partial charge in [-0.15, -0.1) is 11.3 Å². The van der Waals surface area contributed by atoms with E-state index >= 15 is 0 Å². The van der Waals surface area contributed by atoms with Gasteiger partial charge in [0, 0.05) is 15.8 Å². The number of allylic oxidation sites excluding steroid dienone is 2. The molecule has 1 aliphatic carbocycles. The predicted molar refractivity (Wildman–Crippen MR) is 96.2 cm³/mol. The van der Waals surface area contributed by atoms with Gasteiger partial charge in [-0.3, -0.25) is 9.59 Å². The van der Waals surface area contributed by atoms with Crippen molar-refractivity contribution < 1.29 is 14.3 Å². The Morgan fingerprint density at radius 2 is 2.08 bits per heavy atom. The van der Waals surface area contributed by atoms with Crippen LogP contribution in [0.3, 0.4) is 0 Å². The molecule has 0 aliphatic heterocycles. The Kier molecular flexibility index (Phi) is 5.17. The molecule has 2 unspecified atom stereocenters. The van der Waals surface area contributed by atoms with E-state index < -0.39 is 11.9 Å². The smallest absolute Gasteiger partial charge is 0.317 e. The van der Waals surface area contributed by atoms with Crippen LogP contribution in [0.4, 0.5) is 0 Å². The summed E-state index contributed by atoms with van der Waals surface area (Å²) in [6.07, 6.45) is 2.17. The summed E-state index contributed by atoms with van der Waals surface area (Å²) in [5.41, 5.74) is 1.76. The normalized spacial score (nSPS) is 20.6. The third-order valence-corrected chi connectivity index (χ3v) is 5.44. The van der Waals surface area contributed by atoms with E-state index in [0.717, 1.165) is 16.0 Å². The summed E-state index contributed by atoms with van der Waals surface area (Å²) in [5, 5.41) is 2.54. The molecule has 0 saturated heterocycles. The van der Waals surface area contributed by atoms with Crippen molar-refractivity contribution in [3.63, 3.8) is 0 Å². The van der Waals surface area contributed by atoms with Gasteiger partial charge < -0.3 is 4.74 Å². The summed E-state index contributed by atoms with van der Waals surface area (Å²) in [6, 6.07) is 11.3. The molecule has 0 N–H and O–H groups in total. The lowest BCUT2D eigenvalue weighted by molar-refractivity contribution is -0.151. The van der Waals surface area contributed by atoms with Crippen LogP contribution < -0.4 is 0 Å². The summed E-state index contributed by atoms with van der Waals surface area (Å²) in [4.78, 5) is 26.1. The molecule has 0 amide bonds. The molecule has 0 radical (unpaired) electrons. The number of hydrogen-bond donors (Lipinski definition) is 0. The number of benzene rings is 1. The molecule has 1 aromatic carbocycles. The lowest BCUT2D eigenvalue weighted by Crippen LogP contribution is -2.34. The van der Waals surface area contributed by atoms with Crippen LogP contribution in [0.2, 0.25) is 5.02 Å². The van der Waals surface area contributed by atoms with Gasteiger partial charge in [-0.2, -0.15) is 0 Å². The van der Waals surface area contributed by atoms with Crippen molar-refractivity contribution in [2.75, 3.05) is 6.61 Å². The van der Waals surface area contributed by atoms with E-state index in [1.165, 1.54) is 0 Å². The number of ketones is 1. The summed E-state index contributed by atoms with van der Waals surface area (Å²) in [7, 11) is 0. The number of halogens is 1. The first-order chi connectivity index (χ1) is 11.6. The minimum absolute atomic E-state index is 0.215. The maximum Gasteiger partial charge on any atom is 0.317 e. The molecule has 0 fully saturated rings. The lowest BCUT2D eigenvalue weighted by Gasteiger charge is -2.29. The zero-order valence-electron chi connectivity index (χ0n) is 13.2. The Labute approximate surface area is 149 Å². The molecule has 0 saturated carbocycles. The van der Waals surface area contributed by atoms with Gasteiger partial charge in [-0.1, -0.05) is 35.9 Å². The van der Waals surface area contributed by atoms with Crippen molar-refractivity contribution in [1.29, 1.82) is 0 Å². The topological polar surface area (TPSA) is 43.4 Å². The summed E-state index contributed by atoms with van der Waals surface area (Å²) < 4.78 is 5.14. The van der Waals surface area contributed by atoms with Gasteiger partial charge in [0.25, 0.3) is 0 Å². The monoisotopic (exact) mass is 360 g/mol. The van der Waals surface area contributed by atoms with Gasteiger partial charge >= 0.3 is 5.97 Å². The van der Waals surface area contributed by atoms with Crippen LogP contribution in [0, 0.1) is 5.92 Å². The summed E-state index contributed by atoms with van der Waals surface area (Å²) >= 11 is 7.93. The number of esters is 1. The molecule has 0 bridgehead atoms. The third kappa shape index (κ3) is 3.30. The Hall–Kier alpha value is -1.91. The number of rotatable bonds is 4. The molecule has 3 rings (SSSR count). The van der Waals surface area contributed by atoms with E-state index in [-0.39, 0.29) is 18.3 Å². The quantitative estimate of drug-likeness (QED) is 0.585. The van der Waals surface area contributed by atoms with Crippen LogP contribution in [0.15, 0.2) is 47.9 Å². The zero-order valence-corrected chi connectivity index (χ0v) is 14.8. The third-order valence-electron chi connectivity index (χ3n) is 4.15. The second-order valence-electron chi connectivity index (χ2n) is 5.61. The fourth-order valence-electron chi connectivity index (χ4n) is 3.08. The highest BCUT2D eigenvalue weighted by atomic mass is 35.5. The molecule has 2 atom stereocenters. The average molecular weight is 361 g/mol. The van der Waals surface area contributed by atoms with Gasteiger partial charge in [0.2, 0.25) is 0 Å². The van der Waals surface area contributed by atoms with Crippen molar-refractivity contribution in [1.82, 2.24) is 0 Å². The van der Waals surface area contributed by atoms with Crippen LogP contribution in [-0.2, 0) is 14.3 Å². The number of hydrogen-bond acceptors (Lipinski definition) is 4. The average Bonchev–Trinajstić information content (AvgIpc) is 3.09. The molecule has 1 aromatic heterocycles. The minimum Gasteiger partial charge on any atom is -0.465 e. The Bertz CT molecular complexity index is 780. The van der Waals surface area contributed by atoms with Crippen molar-refractivity contribution in [3.05, 3.63) is 63.3 Å². The van der Waals surface area contributed by atoms with Gasteiger partial charge in [-0.05, 0) is 48.1 Å². The summed E-state index contributed by atoms with van der Waals surface area (Å²) in [6.45, 7) is 1.99. The SMILES string of the molecule is CCOC(=O)C1C(=O)C=C(c2cccs2)CC1c1ccccc1Cl. The van der Waals surface area contributed by atoms with Gasteiger partial charge in [0.1, 0.15) is 5.92 Å². The van der Waals surface area contributed by atoms with Gasteiger partial charge in [0.15, 0.2) is 5.78 Å².